The van der Waals surface area contributed by atoms with E-state index in [2.05, 4.69) is 20.2 Å². The van der Waals surface area contributed by atoms with E-state index in [0.29, 0.717) is 60.8 Å². The van der Waals surface area contributed by atoms with Gasteiger partial charge >= 0.3 is 0 Å². The quantitative estimate of drug-likeness (QED) is 0.284. The number of nitrogens with zero attached hydrogens (tertiary/aromatic N) is 6. The van der Waals surface area contributed by atoms with Crippen LogP contribution in [-0.2, 0) is 27.8 Å². The van der Waals surface area contributed by atoms with Crippen LogP contribution in [0.4, 0.5) is 0 Å². The third-order valence-corrected chi connectivity index (χ3v) is 8.84. The van der Waals surface area contributed by atoms with Crippen molar-refractivity contribution in [3.8, 4) is 5.75 Å². The molecule has 0 spiro atoms. The Hall–Kier alpha value is -3.43. The van der Waals surface area contributed by atoms with Crippen LogP contribution in [0.5, 0.6) is 5.75 Å². The van der Waals surface area contributed by atoms with Gasteiger partial charge in [-0.25, -0.2) is 23.2 Å². The molecule has 3 heterocycles. The number of hydrogen-bond acceptors (Lipinski definition) is 10. The molecule has 1 amide bonds. The molecule has 5 rings (SSSR count). The van der Waals surface area contributed by atoms with Crippen molar-refractivity contribution in [2.75, 3.05) is 39.3 Å². The number of benzene rings is 2. The summed E-state index contributed by atoms with van der Waals surface area (Å²) < 4.78 is 31.2. The van der Waals surface area contributed by atoms with Gasteiger partial charge in [-0.1, -0.05) is 35.5 Å². The van der Waals surface area contributed by atoms with Crippen molar-refractivity contribution in [2.45, 2.75) is 23.4 Å². The number of piperazine rings is 1. The molecular formula is C25H29N7O5S2. The van der Waals surface area contributed by atoms with E-state index in [9.17, 15) is 18.3 Å². The molecule has 1 aliphatic rings. The molecule has 1 unspecified atom stereocenters. The Morgan fingerprint density at radius 2 is 1.90 bits per heavy atom. The second-order valence-electron chi connectivity index (χ2n) is 9.23. The SMILES string of the molecule is NS(=O)(=O)c1nc2ccc(OCc3cn(C(Cc4ccccc4)C(=O)N4CCN(CCO)CC4)nn3)cc2s1. The Morgan fingerprint density at radius 3 is 2.62 bits per heavy atom. The fourth-order valence-electron chi connectivity index (χ4n) is 4.46. The summed E-state index contributed by atoms with van der Waals surface area (Å²) in [6.45, 7) is 3.41. The van der Waals surface area contributed by atoms with E-state index in [0.717, 1.165) is 16.9 Å². The van der Waals surface area contributed by atoms with Crippen LogP contribution in [-0.4, -0.2) is 88.5 Å². The van der Waals surface area contributed by atoms with E-state index >= 15 is 0 Å². The standard InChI is InChI=1S/C25H29N7O5S2/c26-39(35,36)25-27-21-7-6-20(15-23(21)38-25)37-17-19-16-32(29-28-19)22(14-18-4-2-1-3-5-18)24(34)31-10-8-30(9-11-31)12-13-33/h1-7,15-16,22,33H,8-14,17H2,(H2,26,35,36). The molecule has 3 N–H and O–H groups in total. The summed E-state index contributed by atoms with van der Waals surface area (Å²) >= 11 is 0.975. The first-order valence-electron chi connectivity index (χ1n) is 12.4. The zero-order chi connectivity index (χ0) is 27.4. The lowest BCUT2D eigenvalue weighted by Crippen LogP contribution is -2.51. The van der Waals surface area contributed by atoms with E-state index in [-0.39, 0.29) is 23.5 Å². The van der Waals surface area contributed by atoms with Gasteiger partial charge in [0.25, 0.3) is 10.0 Å². The Bertz CT molecular complexity index is 1530. The van der Waals surface area contributed by atoms with E-state index in [1.165, 1.54) is 0 Å². The molecule has 1 atom stereocenters. The second kappa shape index (κ2) is 11.8. The molecule has 4 aromatic rings. The minimum absolute atomic E-state index is 0.0267. The molecule has 0 bridgehead atoms. The van der Waals surface area contributed by atoms with Gasteiger partial charge in [0.15, 0.2) is 0 Å². The Balaban J connectivity index is 1.29. The van der Waals surface area contributed by atoms with Gasteiger partial charge in [0.05, 0.1) is 23.0 Å². The summed E-state index contributed by atoms with van der Waals surface area (Å²) in [4.78, 5) is 21.7. The van der Waals surface area contributed by atoms with E-state index < -0.39 is 16.1 Å². The van der Waals surface area contributed by atoms with Crippen molar-refractivity contribution < 1.29 is 23.1 Å². The molecule has 206 valence electrons. The Kier molecular flexibility index (Phi) is 8.18. The number of sulfonamides is 1. The molecule has 0 aliphatic carbocycles. The van der Waals surface area contributed by atoms with Crippen LogP contribution in [0.25, 0.3) is 10.2 Å². The van der Waals surface area contributed by atoms with Crippen molar-refractivity contribution >= 4 is 37.5 Å². The molecule has 1 fully saturated rings. The first-order chi connectivity index (χ1) is 18.8. The summed E-state index contributed by atoms with van der Waals surface area (Å²) in [6, 6.07) is 14.3. The minimum atomic E-state index is -3.88. The normalized spacial score (nSPS) is 15.5. The third kappa shape index (κ3) is 6.59. The monoisotopic (exact) mass is 571 g/mol. The van der Waals surface area contributed by atoms with Crippen LogP contribution in [0.15, 0.2) is 59.1 Å². The average molecular weight is 572 g/mol. The number of ether oxygens (including phenoxy) is 1. The number of aliphatic hydroxyl groups is 1. The predicted octanol–water partition coefficient (Wildman–Crippen LogP) is 1.03. The van der Waals surface area contributed by atoms with E-state index in [1.54, 1.807) is 29.1 Å². The molecule has 2 aromatic carbocycles. The molecule has 0 radical (unpaired) electrons. The summed E-state index contributed by atoms with van der Waals surface area (Å²) in [5, 5.41) is 22.9. The number of amides is 1. The lowest BCUT2D eigenvalue weighted by Gasteiger charge is -2.36. The van der Waals surface area contributed by atoms with Crippen molar-refractivity contribution in [1.82, 2.24) is 29.8 Å². The van der Waals surface area contributed by atoms with Crippen molar-refractivity contribution in [1.29, 1.82) is 0 Å². The lowest BCUT2D eigenvalue weighted by atomic mass is 10.0. The maximum Gasteiger partial charge on any atom is 0.265 e. The highest BCUT2D eigenvalue weighted by molar-refractivity contribution is 7.91. The van der Waals surface area contributed by atoms with Crippen LogP contribution in [0.3, 0.4) is 0 Å². The van der Waals surface area contributed by atoms with Crippen molar-refractivity contribution in [2.24, 2.45) is 5.14 Å². The number of β-amino-alcohol motifs (C(OH)–C–C–N with tert-alkyl or cyclic N) is 1. The highest BCUT2D eigenvalue weighted by atomic mass is 32.2. The molecule has 14 heteroatoms. The number of fused-ring (bicyclic) bond motifs is 1. The summed E-state index contributed by atoms with van der Waals surface area (Å²) in [7, 11) is -3.88. The fraction of sp³-hybridized carbons (Fsp3) is 0.360. The summed E-state index contributed by atoms with van der Waals surface area (Å²) in [5.74, 6) is 0.487. The van der Waals surface area contributed by atoms with Gasteiger partial charge < -0.3 is 14.7 Å². The number of hydrogen-bond donors (Lipinski definition) is 2. The van der Waals surface area contributed by atoms with Gasteiger partial charge in [-0.2, -0.15) is 0 Å². The molecular weight excluding hydrogens is 542 g/mol. The number of primary sulfonamides is 1. The van der Waals surface area contributed by atoms with Crippen LogP contribution in [0.1, 0.15) is 17.3 Å². The van der Waals surface area contributed by atoms with E-state index in [4.69, 9.17) is 9.88 Å². The largest absolute Gasteiger partial charge is 0.487 e. The number of aromatic nitrogens is 4. The maximum atomic E-state index is 13.6. The third-order valence-electron chi connectivity index (χ3n) is 6.50. The molecule has 1 saturated heterocycles. The molecule has 1 aliphatic heterocycles. The fourth-order valence-corrected chi connectivity index (χ4v) is 6.14. The zero-order valence-electron chi connectivity index (χ0n) is 21.1. The minimum Gasteiger partial charge on any atom is -0.487 e. The number of aliphatic hydroxyl groups excluding tert-OH is 1. The smallest absolute Gasteiger partial charge is 0.265 e. The van der Waals surface area contributed by atoms with E-state index in [1.807, 2.05) is 35.2 Å². The van der Waals surface area contributed by atoms with Gasteiger partial charge in [0.1, 0.15) is 24.1 Å². The summed E-state index contributed by atoms with van der Waals surface area (Å²) in [6.07, 6.45) is 2.19. The Labute approximate surface area is 229 Å². The topological polar surface area (TPSA) is 157 Å². The van der Waals surface area contributed by atoms with Crippen molar-refractivity contribution in [3.63, 3.8) is 0 Å². The summed E-state index contributed by atoms with van der Waals surface area (Å²) in [5.41, 5.74) is 2.07. The maximum absolute atomic E-state index is 13.6. The van der Waals surface area contributed by atoms with Gasteiger partial charge in [-0.3, -0.25) is 9.69 Å². The van der Waals surface area contributed by atoms with Gasteiger partial charge in [0, 0.05) is 39.1 Å². The number of carbonyl (C=O) groups excluding carboxylic acids is 1. The van der Waals surface area contributed by atoms with Gasteiger partial charge in [0.2, 0.25) is 10.2 Å². The predicted molar refractivity (Wildman–Crippen MR) is 145 cm³/mol. The first-order valence-corrected chi connectivity index (χ1v) is 14.8. The highest BCUT2D eigenvalue weighted by Crippen LogP contribution is 2.28. The van der Waals surface area contributed by atoms with Crippen LogP contribution >= 0.6 is 11.3 Å². The van der Waals surface area contributed by atoms with Crippen molar-refractivity contribution in [3.05, 3.63) is 66.0 Å². The second-order valence-corrected chi connectivity index (χ2v) is 12.0. The average Bonchev–Trinajstić information content (AvgIpc) is 3.58. The first kappa shape index (κ1) is 27.1. The van der Waals surface area contributed by atoms with Crippen LogP contribution in [0.2, 0.25) is 0 Å². The van der Waals surface area contributed by atoms with Crippen LogP contribution < -0.4 is 9.88 Å². The molecule has 0 saturated carbocycles. The highest BCUT2D eigenvalue weighted by Gasteiger charge is 2.30. The van der Waals surface area contributed by atoms with Gasteiger partial charge in [-0.05, 0) is 23.8 Å². The zero-order valence-corrected chi connectivity index (χ0v) is 22.7. The lowest BCUT2D eigenvalue weighted by molar-refractivity contribution is -0.137. The number of thiazole rings is 1. The number of rotatable bonds is 10. The van der Waals surface area contributed by atoms with Crippen LogP contribution in [0, 0.1) is 0 Å². The Morgan fingerprint density at radius 1 is 1.13 bits per heavy atom. The molecule has 2 aromatic heterocycles. The van der Waals surface area contributed by atoms with Gasteiger partial charge in [-0.15, -0.1) is 16.4 Å². The number of nitrogens with two attached hydrogens (primary N) is 1. The number of carbonyl (C=O) groups is 1. The molecule has 39 heavy (non-hydrogen) atoms. The molecule has 12 nitrogen and oxygen atoms in total.